The number of nitrogens with zero attached hydrogens (tertiary/aromatic N) is 2. The van der Waals surface area contributed by atoms with Gasteiger partial charge in [-0.05, 0) is 76.5 Å². The van der Waals surface area contributed by atoms with Crippen molar-refractivity contribution in [2.75, 3.05) is 4.90 Å². The lowest BCUT2D eigenvalue weighted by molar-refractivity contribution is 0.620. The summed E-state index contributed by atoms with van der Waals surface area (Å²) < 4.78 is 12.7. The number of hydrogen-bond donors (Lipinski definition) is 0. The highest BCUT2D eigenvalue weighted by Gasteiger charge is 2.21. The molecule has 230 valence electrons. The summed E-state index contributed by atoms with van der Waals surface area (Å²) in [6.07, 6.45) is 0. The van der Waals surface area contributed by atoms with Crippen molar-refractivity contribution < 1.29 is 8.83 Å². The van der Waals surface area contributed by atoms with Gasteiger partial charge in [-0.2, -0.15) is 0 Å². The second-order valence-electron chi connectivity index (χ2n) is 12.4. The van der Waals surface area contributed by atoms with Crippen LogP contribution < -0.4 is 4.90 Å². The molecule has 4 heteroatoms. The highest BCUT2D eigenvalue weighted by atomic mass is 16.3. The topological polar surface area (TPSA) is 42.4 Å². The van der Waals surface area contributed by atoms with Crippen molar-refractivity contribution in [1.29, 1.82) is 0 Å². The molecule has 0 aliphatic heterocycles. The monoisotopic (exact) mass is 628 g/mol. The van der Waals surface area contributed by atoms with Gasteiger partial charge in [0.1, 0.15) is 16.7 Å². The number of fused-ring (bicyclic) bond motifs is 8. The van der Waals surface area contributed by atoms with Crippen molar-refractivity contribution in [2.45, 2.75) is 0 Å². The fourth-order valence-electron chi connectivity index (χ4n) is 7.19. The number of rotatable bonds is 5. The van der Waals surface area contributed by atoms with Crippen LogP contribution in [0.5, 0.6) is 0 Å². The number of oxazole rings is 1. The molecule has 0 unspecified atom stereocenters. The van der Waals surface area contributed by atoms with Gasteiger partial charge < -0.3 is 13.7 Å². The fourth-order valence-corrected chi connectivity index (χ4v) is 7.19. The number of hydrogen-bond acceptors (Lipinski definition) is 4. The number of aromatic nitrogens is 1. The molecule has 2 heterocycles. The van der Waals surface area contributed by atoms with E-state index in [1.54, 1.807) is 0 Å². The SMILES string of the molecule is c1ccc(-c2cccc(N(c3ccc4c(c3)oc3ccccc34)c3cc4ccc5oc(-c6ccccc6)nc5c4c4ccccc34)c2)cc1. The zero-order valence-corrected chi connectivity index (χ0v) is 26.4. The standard InChI is InChI=1S/C45H28N2O2/c1-3-12-29(13-4-1)31-16-11-17-33(26-31)47(34-23-24-37-36-19-9-10-21-40(36)48-42(37)28-34)39-27-32-22-25-41-44(43(32)38-20-8-7-18-35(38)39)46-45(49-41)30-14-5-2-6-15-30/h1-28H. The van der Waals surface area contributed by atoms with E-state index in [9.17, 15) is 0 Å². The third-order valence-electron chi connectivity index (χ3n) is 9.45. The van der Waals surface area contributed by atoms with Gasteiger partial charge in [-0.1, -0.05) is 109 Å². The van der Waals surface area contributed by atoms with E-state index in [2.05, 4.69) is 126 Å². The molecule has 0 saturated heterocycles. The van der Waals surface area contributed by atoms with E-state index in [1.807, 2.05) is 48.5 Å². The second-order valence-corrected chi connectivity index (χ2v) is 12.4. The van der Waals surface area contributed by atoms with Gasteiger partial charge in [-0.15, -0.1) is 0 Å². The normalized spacial score (nSPS) is 11.7. The number of para-hydroxylation sites is 1. The van der Waals surface area contributed by atoms with Gasteiger partial charge in [0.25, 0.3) is 0 Å². The van der Waals surface area contributed by atoms with Gasteiger partial charge in [0.15, 0.2) is 5.58 Å². The highest BCUT2D eigenvalue weighted by molar-refractivity contribution is 6.22. The van der Waals surface area contributed by atoms with Crippen molar-refractivity contribution >= 4 is 71.6 Å². The maximum Gasteiger partial charge on any atom is 0.227 e. The van der Waals surface area contributed by atoms with Gasteiger partial charge in [-0.3, -0.25) is 0 Å². The average Bonchev–Trinajstić information content (AvgIpc) is 3.77. The quantitative estimate of drug-likeness (QED) is 0.178. The van der Waals surface area contributed by atoms with E-state index in [0.29, 0.717) is 5.89 Å². The van der Waals surface area contributed by atoms with Crippen LogP contribution in [0.15, 0.2) is 179 Å². The van der Waals surface area contributed by atoms with Crippen LogP contribution in [-0.4, -0.2) is 4.98 Å². The average molecular weight is 629 g/mol. The van der Waals surface area contributed by atoms with E-state index in [-0.39, 0.29) is 0 Å². The van der Waals surface area contributed by atoms with E-state index in [1.165, 1.54) is 5.56 Å². The molecule has 10 aromatic rings. The van der Waals surface area contributed by atoms with Gasteiger partial charge in [-0.25, -0.2) is 4.98 Å². The van der Waals surface area contributed by atoms with E-state index in [4.69, 9.17) is 13.8 Å². The highest BCUT2D eigenvalue weighted by Crippen LogP contribution is 2.45. The maximum atomic E-state index is 6.41. The summed E-state index contributed by atoms with van der Waals surface area (Å²) in [6, 6.07) is 59.2. The predicted octanol–water partition coefficient (Wildman–Crippen LogP) is 12.8. The zero-order valence-electron chi connectivity index (χ0n) is 26.4. The number of benzene rings is 8. The summed E-state index contributed by atoms with van der Waals surface area (Å²) >= 11 is 0. The van der Waals surface area contributed by atoms with Crippen LogP contribution in [0.25, 0.3) is 77.2 Å². The summed E-state index contributed by atoms with van der Waals surface area (Å²) in [5, 5.41) is 6.61. The third kappa shape index (κ3) is 4.49. The summed E-state index contributed by atoms with van der Waals surface area (Å²) in [6.45, 7) is 0. The van der Waals surface area contributed by atoms with Crippen molar-refractivity contribution in [3.8, 4) is 22.6 Å². The second kappa shape index (κ2) is 11.0. The summed E-state index contributed by atoms with van der Waals surface area (Å²) in [5.41, 5.74) is 9.77. The van der Waals surface area contributed by atoms with Crippen LogP contribution in [0.2, 0.25) is 0 Å². The maximum absolute atomic E-state index is 6.41. The smallest absolute Gasteiger partial charge is 0.227 e. The minimum absolute atomic E-state index is 0.620. The van der Waals surface area contributed by atoms with E-state index >= 15 is 0 Å². The molecular weight excluding hydrogens is 601 g/mol. The Bertz CT molecular complexity index is 2830. The van der Waals surface area contributed by atoms with Crippen LogP contribution >= 0.6 is 0 Å². The lowest BCUT2D eigenvalue weighted by Crippen LogP contribution is -2.10. The van der Waals surface area contributed by atoms with Crippen LogP contribution in [0.4, 0.5) is 17.1 Å². The first-order chi connectivity index (χ1) is 24.3. The van der Waals surface area contributed by atoms with Gasteiger partial charge >= 0.3 is 0 Å². The molecule has 0 N–H and O–H groups in total. The summed E-state index contributed by atoms with van der Waals surface area (Å²) in [4.78, 5) is 7.41. The Labute approximate surface area is 282 Å². The summed E-state index contributed by atoms with van der Waals surface area (Å²) in [7, 11) is 0. The van der Waals surface area contributed by atoms with Crippen molar-refractivity contribution in [2.24, 2.45) is 0 Å². The molecule has 2 aromatic heterocycles. The first kappa shape index (κ1) is 27.5. The molecular formula is C45H28N2O2. The Kier molecular flexibility index (Phi) is 6.15. The molecule has 0 atom stereocenters. The molecule has 0 aliphatic carbocycles. The van der Waals surface area contributed by atoms with Gasteiger partial charge in [0.2, 0.25) is 5.89 Å². The minimum atomic E-state index is 0.620. The fraction of sp³-hybridized carbons (Fsp3) is 0. The summed E-state index contributed by atoms with van der Waals surface area (Å²) in [5.74, 6) is 0.620. The molecule has 0 radical (unpaired) electrons. The molecule has 0 saturated carbocycles. The van der Waals surface area contributed by atoms with Crippen LogP contribution in [-0.2, 0) is 0 Å². The Morgan fingerprint density at radius 1 is 0.408 bits per heavy atom. The van der Waals surface area contributed by atoms with E-state index < -0.39 is 0 Å². The molecule has 0 fully saturated rings. The Balaban J connectivity index is 1.24. The van der Waals surface area contributed by atoms with E-state index in [0.717, 1.165) is 82.8 Å². The molecule has 0 amide bonds. The van der Waals surface area contributed by atoms with Crippen molar-refractivity contribution in [3.05, 3.63) is 170 Å². The van der Waals surface area contributed by atoms with Gasteiger partial charge in [0, 0.05) is 44.5 Å². The van der Waals surface area contributed by atoms with Crippen LogP contribution in [0.3, 0.4) is 0 Å². The lowest BCUT2D eigenvalue weighted by atomic mass is 9.97. The molecule has 0 aliphatic rings. The zero-order chi connectivity index (χ0) is 32.3. The largest absolute Gasteiger partial charge is 0.456 e. The number of furan rings is 1. The number of anilines is 3. The molecule has 0 bridgehead atoms. The molecule has 49 heavy (non-hydrogen) atoms. The molecule has 0 spiro atoms. The first-order valence-corrected chi connectivity index (χ1v) is 16.5. The Morgan fingerprint density at radius 3 is 1.92 bits per heavy atom. The Hall–Kier alpha value is -6.65. The Morgan fingerprint density at radius 2 is 1.08 bits per heavy atom. The molecule has 8 aromatic carbocycles. The van der Waals surface area contributed by atoms with Crippen LogP contribution in [0.1, 0.15) is 0 Å². The first-order valence-electron chi connectivity index (χ1n) is 16.5. The van der Waals surface area contributed by atoms with Gasteiger partial charge in [0.05, 0.1) is 5.69 Å². The predicted molar refractivity (Wildman–Crippen MR) is 202 cm³/mol. The lowest BCUT2D eigenvalue weighted by Gasteiger charge is -2.28. The third-order valence-corrected chi connectivity index (χ3v) is 9.45. The minimum Gasteiger partial charge on any atom is -0.456 e. The van der Waals surface area contributed by atoms with Crippen molar-refractivity contribution in [1.82, 2.24) is 4.98 Å². The molecule has 10 rings (SSSR count). The van der Waals surface area contributed by atoms with Crippen molar-refractivity contribution in [3.63, 3.8) is 0 Å². The van der Waals surface area contributed by atoms with Crippen LogP contribution in [0, 0.1) is 0 Å². The molecule has 4 nitrogen and oxygen atoms in total.